The van der Waals surface area contributed by atoms with E-state index < -0.39 is 16.1 Å². The molecule has 1 saturated heterocycles. The molecule has 1 N–H and O–H groups in total. The lowest BCUT2D eigenvalue weighted by Gasteiger charge is -2.33. The molecule has 0 aromatic heterocycles. The monoisotopic (exact) mass is 404 g/mol. The van der Waals surface area contributed by atoms with Gasteiger partial charge in [-0.25, -0.2) is 8.42 Å². The number of amides is 1. The number of carbonyl (C=O) groups excluding carboxylic acids is 1. The van der Waals surface area contributed by atoms with Gasteiger partial charge in [-0.15, -0.1) is 0 Å². The van der Waals surface area contributed by atoms with E-state index in [1.54, 1.807) is 48.5 Å². The third-order valence-corrected chi connectivity index (χ3v) is 6.65. The van der Waals surface area contributed by atoms with Crippen LogP contribution in [0, 0.1) is 0 Å². The van der Waals surface area contributed by atoms with E-state index >= 15 is 0 Å². The maximum absolute atomic E-state index is 13.1. The highest BCUT2D eigenvalue weighted by molar-refractivity contribution is 7.89. The van der Waals surface area contributed by atoms with Crippen LogP contribution in [-0.4, -0.2) is 45.4 Å². The molecule has 150 valence electrons. The van der Waals surface area contributed by atoms with E-state index in [0.29, 0.717) is 30.2 Å². The molecule has 7 nitrogen and oxygen atoms in total. The topological polar surface area (TPSA) is 84.9 Å². The highest BCUT2D eigenvalue weighted by atomic mass is 32.2. The van der Waals surface area contributed by atoms with Crippen molar-refractivity contribution in [1.82, 2.24) is 4.31 Å². The van der Waals surface area contributed by atoms with Crippen molar-refractivity contribution in [2.24, 2.45) is 0 Å². The SMILES string of the molecule is COc1cc(NC(=O)[C@H]2CCCCN2S(=O)(=O)c2ccccc2)cc(OC)c1. The van der Waals surface area contributed by atoms with Crippen LogP contribution in [0.4, 0.5) is 5.69 Å². The van der Waals surface area contributed by atoms with Crippen LogP contribution in [0.1, 0.15) is 19.3 Å². The molecule has 1 aliphatic rings. The van der Waals surface area contributed by atoms with E-state index in [9.17, 15) is 13.2 Å². The Morgan fingerprint density at radius 3 is 2.29 bits per heavy atom. The van der Waals surface area contributed by atoms with Crippen molar-refractivity contribution in [2.75, 3.05) is 26.1 Å². The Morgan fingerprint density at radius 2 is 1.68 bits per heavy atom. The zero-order valence-corrected chi connectivity index (χ0v) is 16.7. The first-order chi connectivity index (χ1) is 13.5. The van der Waals surface area contributed by atoms with Gasteiger partial charge in [0.05, 0.1) is 19.1 Å². The van der Waals surface area contributed by atoms with E-state index in [1.165, 1.54) is 18.5 Å². The van der Waals surface area contributed by atoms with Gasteiger partial charge in [-0.05, 0) is 25.0 Å². The van der Waals surface area contributed by atoms with Crippen LogP contribution < -0.4 is 14.8 Å². The molecule has 8 heteroatoms. The lowest BCUT2D eigenvalue weighted by molar-refractivity contribution is -0.120. The molecule has 3 rings (SSSR count). The summed E-state index contributed by atoms with van der Waals surface area (Å²) in [7, 11) is -0.704. The Morgan fingerprint density at radius 1 is 1.04 bits per heavy atom. The number of methoxy groups -OCH3 is 2. The molecule has 28 heavy (non-hydrogen) atoms. The minimum absolute atomic E-state index is 0.192. The Kier molecular flexibility index (Phi) is 6.21. The number of carbonyl (C=O) groups is 1. The number of hydrogen-bond donors (Lipinski definition) is 1. The largest absolute Gasteiger partial charge is 0.497 e. The summed E-state index contributed by atoms with van der Waals surface area (Å²) in [5.74, 6) is 0.702. The van der Waals surface area contributed by atoms with Gasteiger partial charge in [0.15, 0.2) is 0 Å². The summed E-state index contributed by atoms with van der Waals surface area (Å²) < 4.78 is 37.9. The number of nitrogens with one attached hydrogen (secondary N) is 1. The van der Waals surface area contributed by atoms with Crippen molar-refractivity contribution in [1.29, 1.82) is 0 Å². The summed E-state index contributed by atoms with van der Waals surface area (Å²) >= 11 is 0. The molecule has 0 saturated carbocycles. The Hall–Kier alpha value is -2.58. The molecule has 1 aliphatic heterocycles. The predicted molar refractivity (Wildman–Crippen MR) is 106 cm³/mol. The first kappa shape index (κ1) is 20.2. The average molecular weight is 404 g/mol. The smallest absolute Gasteiger partial charge is 0.243 e. The molecule has 1 amide bonds. The predicted octanol–water partition coefficient (Wildman–Crippen LogP) is 2.89. The summed E-state index contributed by atoms with van der Waals surface area (Å²) in [6.45, 7) is 0.316. The minimum atomic E-state index is -3.75. The van der Waals surface area contributed by atoms with Gasteiger partial charge in [-0.3, -0.25) is 4.79 Å². The summed E-state index contributed by atoms with van der Waals surface area (Å²) in [6, 6.07) is 12.5. The number of rotatable bonds is 6. The fourth-order valence-corrected chi connectivity index (χ4v) is 4.97. The van der Waals surface area contributed by atoms with Crippen LogP contribution in [0.25, 0.3) is 0 Å². The molecule has 2 aromatic rings. The Labute approximate surface area is 165 Å². The first-order valence-corrected chi connectivity index (χ1v) is 10.5. The molecule has 0 aliphatic carbocycles. The van der Waals surface area contributed by atoms with E-state index in [4.69, 9.17) is 9.47 Å². The maximum Gasteiger partial charge on any atom is 0.243 e. The lowest BCUT2D eigenvalue weighted by Crippen LogP contribution is -2.49. The van der Waals surface area contributed by atoms with Crippen molar-refractivity contribution in [3.8, 4) is 11.5 Å². The number of ether oxygens (including phenoxy) is 2. The highest BCUT2D eigenvalue weighted by Gasteiger charge is 2.37. The van der Waals surface area contributed by atoms with Crippen LogP contribution in [0.15, 0.2) is 53.4 Å². The number of nitrogens with zero attached hydrogens (tertiary/aromatic N) is 1. The van der Waals surface area contributed by atoms with Crippen LogP contribution in [0.3, 0.4) is 0 Å². The van der Waals surface area contributed by atoms with Gasteiger partial charge < -0.3 is 14.8 Å². The number of hydrogen-bond acceptors (Lipinski definition) is 5. The third kappa shape index (κ3) is 4.28. The second kappa shape index (κ2) is 8.62. The second-order valence-corrected chi connectivity index (χ2v) is 8.42. The summed E-state index contributed by atoms with van der Waals surface area (Å²) in [5, 5.41) is 2.81. The fraction of sp³-hybridized carbons (Fsp3) is 0.350. The van der Waals surface area contributed by atoms with Gasteiger partial charge >= 0.3 is 0 Å². The van der Waals surface area contributed by atoms with Crippen molar-refractivity contribution in [2.45, 2.75) is 30.2 Å². The highest BCUT2D eigenvalue weighted by Crippen LogP contribution is 2.29. The third-order valence-electron chi connectivity index (χ3n) is 4.73. The molecule has 0 unspecified atom stereocenters. The van der Waals surface area contributed by atoms with Gasteiger partial charge in [0.25, 0.3) is 0 Å². The Bertz CT molecular complexity index is 909. The van der Waals surface area contributed by atoms with Crippen LogP contribution in [0.5, 0.6) is 11.5 Å². The summed E-state index contributed by atoms with van der Waals surface area (Å²) in [5.41, 5.74) is 0.490. The van der Waals surface area contributed by atoms with E-state index in [0.717, 1.165) is 12.8 Å². The van der Waals surface area contributed by atoms with E-state index in [-0.39, 0.29) is 10.8 Å². The molecule has 1 fully saturated rings. The molecular formula is C20H24N2O5S. The fourth-order valence-electron chi connectivity index (χ4n) is 3.29. The van der Waals surface area contributed by atoms with Crippen LogP contribution >= 0.6 is 0 Å². The van der Waals surface area contributed by atoms with Gasteiger partial charge in [0.2, 0.25) is 15.9 Å². The standard InChI is InChI=1S/C20H24N2O5S/c1-26-16-12-15(13-17(14-16)27-2)21-20(23)19-10-6-7-11-22(19)28(24,25)18-8-4-3-5-9-18/h3-5,8-9,12-14,19H,6-7,10-11H2,1-2H3,(H,21,23)/t19-/m1/s1. The van der Waals surface area contributed by atoms with Crippen LogP contribution in [-0.2, 0) is 14.8 Å². The van der Waals surface area contributed by atoms with Crippen LogP contribution in [0.2, 0.25) is 0 Å². The van der Waals surface area contributed by atoms with Crippen molar-refractivity contribution < 1.29 is 22.7 Å². The molecule has 0 spiro atoms. The lowest BCUT2D eigenvalue weighted by atomic mass is 10.0. The van der Waals surface area contributed by atoms with Gasteiger partial charge in [-0.2, -0.15) is 4.31 Å². The average Bonchev–Trinajstić information content (AvgIpc) is 2.74. The van der Waals surface area contributed by atoms with E-state index in [2.05, 4.69) is 5.32 Å². The molecule has 0 bridgehead atoms. The summed E-state index contributed by atoms with van der Waals surface area (Å²) in [6.07, 6.45) is 1.99. The van der Waals surface area contributed by atoms with Crippen molar-refractivity contribution >= 4 is 21.6 Å². The van der Waals surface area contributed by atoms with Gasteiger partial charge in [0, 0.05) is 30.4 Å². The normalized spacial score (nSPS) is 17.7. The molecule has 0 radical (unpaired) electrons. The Balaban J connectivity index is 1.85. The molecule has 1 atom stereocenters. The number of sulfonamides is 1. The summed E-state index contributed by atoms with van der Waals surface area (Å²) in [4.78, 5) is 13.1. The van der Waals surface area contributed by atoms with E-state index in [1.807, 2.05) is 0 Å². The van der Waals surface area contributed by atoms with Gasteiger partial charge in [0.1, 0.15) is 17.5 Å². The second-order valence-electron chi connectivity index (χ2n) is 6.53. The zero-order valence-electron chi connectivity index (χ0n) is 15.9. The maximum atomic E-state index is 13.1. The number of benzene rings is 2. The zero-order chi connectivity index (χ0) is 20.1. The molecular weight excluding hydrogens is 380 g/mol. The van der Waals surface area contributed by atoms with Crippen molar-refractivity contribution in [3.63, 3.8) is 0 Å². The number of piperidine rings is 1. The molecule has 2 aromatic carbocycles. The quantitative estimate of drug-likeness (QED) is 0.800. The van der Waals surface area contributed by atoms with Gasteiger partial charge in [-0.1, -0.05) is 24.6 Å². The first-order valence-electron chi connectivity index (χ1n) is 9.06. The minimum Gasteiger partial charge on any atom is -0.497 e. The molecule has 1 heterocycles. The number of anilines is 1. The van der Waals surface area contributed by atoms with Crippen molar-refractivity contribution in [3.05, 3.63) is 48.5 Å².